The lowest BCUT2D eigenvalue weighted by molar-refractivity contribution is -0.137. The molecule has 2 aliphatic carbocycles. The number of phenols is 2. The lowest BCUT2D eigenvalue weighted by atomic mass is 9.91. The van der Waals surface area contributed by atoms with Crippen LogP contribution < -0.4 is 11.1 Å². The molecule has 2 heterocycles. The van der Waals surface area contributed by atoms with Gasteiger partial charge in [0.2, 0.25) is 5.91 Å². The number of phenolic OH excluding ortho intramolecular Hbond substituents is 2. The van der Waals surface area contributed by atoms with Gasteiger partial charge in [0.25, 0.3) is 0 Å². The summed E-state index contributed by atoms with van der Waals surface area (Å²) in [5, 5.41) is 30.6. The summed E-state index contributed by atoms with van der Waals surface area (Å²) in [6.07, 6.45) is 16.8. The molecule has 1 amide bonds. The van der Waals surface area contributed by atoms with Crippen LogP contribution in [0.3, 0.4) is 0 Å². The number of rotatable bonds is 19. The van der Waals surface area contributed by atoms with Gasteiger partial charge in [-0.3, -0.25) is 19.6 Å². The van der Waals surface area contributed by atoms with E-state index in [0.29, 0.717) is 31.3 Å². The highest BCUT2D eigenvalue weighted by Gasteiger charge is 2.29. The Morgan fingerprint density at radius 3 is 1.44 bits per heavy atom. The molecule has 57 heavy (non-hydrogen) atoms. The van der Waals surface area contributed by atoms with Gasteiger partial charge >= 0.3 is 5.97 Å². The molecule has 0 radical (unpaired) electrons. The van der Waals surface area contributed by atoms with E-state index < -0.39 is 5.97 Å². The molecule has 0 spiro atoms. The van der Waals surface area contributed by atoms with Gasteiger partial charge in [0, 0.05) is 56.4 Å². The van der Waals surface area contributed by atoms with Crippen LogP contribution in [0.15, 0.2) is 97.6 Å². The summed E-state index contributed by atoms with van der Waals surface area (Å²) in [5.74, 6) is 1.94. The number of hydrogen-bond donors (Lipinski definition) is 5. The Hall–Kier alpha value is -4.84. The molecule has 4 atom stereocenters. The van der Waals surface area contributed by atoms with Crippen molar-refractivity contribution in [2.45, 2.75) is 88.1 Å². The number of benzene rings is 2. The predicted molar refractivity (Wildman–Crippen MR) is 226 cm³/mol. The molecule has 6 N–H and O–H groups in total. The van der Waals surface area contributed by atoms with E-state index in [9.17, 15) is 14.7 Å². The number of carbonyl (C=O) groups excluding carboxylic acids is 1. The number of nitrogens with two attached hydrogens (primary N) is 1. The first-order valence-corrected chi connectivity index (χ1v) is 20.3. The highest BCUT2D eigenvalue weighted by molar-refractivity contribution is 5.77. The van der Waals surface area contributed by atoms with Gasteiger partial charge in [-0.2, -0.15) is 0 Å². The zero-order chi connectivity index (χ0) is 41.2. The number of amides is 1. The van der Waals surface area contributed by atoms with Gasteiger partial charge in [0.1, 0.15) is 11.5 Å². The number of aromatic hydroxyl groups is 2. The van der Waals surface area contributed by atoms with Crippen molar-refractivity contribution in [2.75, 3.05) is 41.3 Å². The maximum atomic E-state index is 12.7. The molecule has 0 unspecified atom stereocenters. The van der Waals surface area contributed by atoms with Crippen molar-refractivity contribution < 1.29 is 24.9 Å². The van der Waals surface area contributed by atoms with E-state index in [1.165, 1.54) is 36.8 Å². The fourth-order valence-corrected chi connectivity index (χ4v) is 6.92. The minimum absolute atomic E-state index is 0.111. The lowest BCUT2D eigenvalue weighted by Gasteiger charge is -2.25. The van der Waals surface area contributed by atoms with Gasteiger partial charge in [-0.05, 0) is 148 Å². The van der Waals surface area contributed by atoms with Gasteiger partial charge in [-0.15, -0.1) is 0 Å². The summed E-state index contributed by atoms with van der Waals surface area (Å²) < 4.78 is 0. The van der Waals surface area contributed by atoms with Crippen molar-refractivity contribution in [1.82, 2.24) is 25.1 Å². The molecule has 0 bridgehead atoms. The number of nitrogens with zero attached hydrogens (tertiary/aromatic N) is 4. The number of aliphatic carboxylic acids is 1. The SMILES string of the molecule is CN(C)[C@H](CN)Cc1ccc(O)cc1.CN(C)[C@H](CNC(=O)C[C@H](CC1CC1)c1ccncc1)Cc1ccc(O)cc1.O=C(O)C[C@H](CC1CC1)c1ccncc1. The average molecular weight is 781 g/mol. The zero-order valence-corrected chi connectivity index (χ0v) is 34.2. The number of carbonyl (C=O) groups is 2. The summed E-state index contributed by atoms with van der Waals surface area (Å²) in [7, 11) is 8.12. The Labute approximate surface area is 339 Å². The van der Waals surface area contributed by atoms with Crippen molar-refractivity contribution in [3.8, 4) is 11.5 Å². The van der Waals surface area contributed by atoms with Gasteiger partial charge < -0.3 is 36.2 Å². The number of likely N-dealkylation sites (N-methyl/N-ethyl adjacent to an activating group) is 2. The van der Waals surface area contributed by atoms with E-state index in [4.69, 9.17) is 15.9 Å². The number of carboxylic acid groups (broad SMARTS) is 1. The lowest BCUT2D eigenvalue weighted by Crippen LogP contribution is -2.41. The number of carboxylic acids is 1. The van der Waals surface area contributed by atoms with Crippen LogP contribution in [0.2, 0.25) is 0 Å². The summed E-state index contributed by atoms with van der Waals surface area (Å²) in [4.78, 5) is 35.8. The first-order chi connectivity index (χ1) is 27.4. The highest BCUT2D eigenvalue weighted by atomic mass is 16.4. The van der Waals surface area contributed by atoms with Crippen molar-refractivity contribution >= 4 is 11.9 Å². The average Bonchev–Trinajstić information content (AvgIpc) is 4.15. The van der Waals surface area contributed by atoms with Crippen molar-refractivity contribution in [3.63, 3.8) is 0 Å². The molecule has 0 saturated heterocycles. The van der Waals surface area contributed by atoms with Gasteiger partial charge in [-0.1, -0.05) is 49.9 Å². The Balaban J connectivity index is 0.000000209. The fourth-order valence-electron chi connectivity index (χ4n) is 6.92. The quantitative estimate of drug-likeness (QED) is 0.0699. The van der Waals surface area contributed by atoms with E-state index in [2.05, 4.69) is 25.1 Å². The predicted octanol–water partition coefficient (Wildman–Crippen LogP) is 6.61. The molecule has 11 heteroatoms. The van der Waals surface area contributed by atoms with Crippen LogP contribution in [0, 0.1) is 11.8 Å². The number of nitrogens with one attached hydrogen (secondary N) is 1. The van der Waals surface area contributed by atoms with Crippen LogP contribution in [0.5, 0.6) is 11.5 Å². The third-order valence-electron chi connectivity index (χ3n) is 10.9. The topological polar surface area (TPSA) is 165 Å². The van der Waals surface area contributed by atoms with Gasteiger partial charge in [-0.25, -0.2) is 0 Å². The minimum Gasteiger partial charge on any atom is -0.508 e. The van der Waals surface area contributed by atoms with Crippen molar-refractivity contribution in [1.29, 1.82) is 0 Å². The number of pyridine rings is 2. The van der Waals surface area contributed by atoms with Gasteiger partial charge in [0.15, 0.2) is 0 Å². The molecule has 308 valence electrons. The minimum atomic E-state index is -0.711. The molecule has 4 aromatic rings. The largest absolute Gasteiger partial charge is 0.508 e. The first kappa shape index (κ1) is 44.9. The molecule has 2 fully saturated rings. The molecule has 2 aliphatic rings. The smallest absolute Gasteiger partial charge is 0.303 e. The molecule has 11 nitrogen and oxygen atoms in total. The maximum Gasteiger partial charge on any atom is 0.303 e. The maximum absolute atomic E-state index is 12.7. The molecule has 2 aromatic carbocycles. The van der Waals surface area contributed by atoms with Crippen molar-refractivity contribution in [3.05, 3.63) is 120 Å². The molecule has 0 aliphatic heterocycles. The van der Waals surface area contributed by atoms with Crippen LogP contribution in [0.4, 0.5) is 0 Å². The molecular formula is C46H64N6O5. The Morgan fingerprint density at radius 1 is 0.667 bits per heavy atom. The van der Waals surface area contributed by atoms with E-state index in [1.54, 1.807) is 36.7 Å². The summed E-state index contributed by atoms with van der Waals surface area (Å²) in [6.45, 7) is 1.26. The third kappa shape index (κ3) is 17.5. The van der Waals surface area contributed by atoms with Crippen LogP contribution >= 0.6 is 0 Å². The van der Waals surface area contributed by atoms with E-state index in [-0.39, 0.29) is 36.0 Å². The Kier molecular flexibility index (Phi) is 18.4. The first-order valence-electron chi connectivity index (χ1n) is 20.3. The molecular weight excluding hydrogens is 717 g/mol. The second-order valence-corrected chi connectivity index (χ2v) is 16.1. The van der Waals surface area contributed by atoms with Crippen molar-refractivity contribution in [2.24, 2.45) is 17.6 Å². The van der Waals surface area contributed by atoms with Crippen LogP contribution in [0.25, 0.3) is 0 Å². The number of hydrogen-bond acceptors (Lipinski definition) is 9. The fraction of sp³-hybridized carbons (Fsp3) is 0.478. The van der Waals surface area contributed by atoms with E-state index in [1.807, 2.05) is 89.1 Å². The molecule has 2 saturated carbocycles. The second-order valence-electron chi connectivity index (χ2n) is 16.1. The number of aromatic nitrogens is 2. The zero-order valence-electron chi connectivity index (χ0n) is 34.2. The van der Waals surface area contributed by atoms with Crippen LogP contribution in [-0.4, -0.2) is 100 Å². The summed E-state index contributed by atoms with van der Waals surface area (Å²) in [5.41, 5.74) is 10.3. The normalized spacial score (nSPS) is 15.6. The molecule has 6 rings (SSSR count). The summed E-state index contributed by atoms with van der Waals surface area (Å²) >= 11 is 0. The van der Waals surface area contributed by atoms with Crippen LogP contribution in [0.1, 0.15) is 85.5 Å². The van der Waals surface area contributed by atoms with Crippen LogP contribution in [-0.2, 0) is 22.4 Å². The Bertz CT molecular complexity index is 1730. The van der Waals surface area contributed by atoms with E-state index >= 15 is 0 Å². The van der Waals surface area contributed by atoms with E-state index in [0.717, 1.165) is 48.6 Å². The summed E-state index contributed by atoms with van der Waals surface area (Å²) in [6, 6.07) is 23.0. The third-order valence-corrected chi connectivity index (χ3v) is 10.9. The standard InChI is InChI=1S/C23H31N3O2.C12H15NO2.C11H18N2O/c1-26(2)21(14-18-5-7-22(27)8-6-18)16-25-23(28)15-20(13-17-3-4-17)19-9-11-24-12-10-19;14-12(15)8-11(7-9-1-2-9)10-3-5-13-6-4-10;1-13(2)10(8-12)7-9-3-5-11(14)6-4-9/h5-12,17,20-21,27H,3-4,13-16H2,1-2H3,(H,25,28);3-6,9,11H,1-2,7-8H2,(H,14,15);3-6,10,14H,7-8,12H2,1-2H3/t20-,21-;11-;10-/m000/s1. The Morgan fingerprint density at radius 2 is 1.07 bits per heavy atom. The molecule has 2 aromatic heterocycles. The monoisotopic (exact) mass is 780 g/mol. The second kappa shape index (κ2) is 23.4. The highest BCUT2D eigenvalue weighted by Crippen LogP contribution is 2.40. The van der Waals surface area contributed by atoms with Gasteiger partial charge in [0.05, 0.1) is 6.42 Å².